The van der Waals surface area contributed by atoms with Gasteiger partial charge in [-0.05, 0) is 33.6 Å². The first-order chi connectivity index (χ1) is 8.97. The van der Waals surface area contributed by atoms with Gasteiger partial charge in [-0.15, -0.1) is 0 Å². The van der Waals surface area contributed by atoms with Crippen LogP contribution >= 0.6 is 15.9 Å². The number of hydrogen-bond donors (Lipinski definition) is 0. The van der Waals surface area contributed by atoms with Gasteiger partial charge in [-0.25, -0.2) is 4.39 Å². The van der Waals surface area contributed by atoms with Gasteiger partial charge in [-0.3, -0.25) is 14.9 Å². The number of benzene rings is 1. The van der Waals surface area contributed by atoms with E-state index in [4.69, 9.17) is 0 Å². The summed E-state index contributed by atoms with van der Waals surface area (Å²) >= 11 is 2.99. The summed E-state index contributed by atoms with van der Waals surface area (Å²) in [6.45, 7) is 0.138. The van der Waals surface area contributed by atoms with E-state index in [1.165, 1.54) is 28.8 Å². The first-order valence-corrected chi connectivity index (χ1v) is 6.05. The average molecular weight is 327 g/mol. The molecule has 2 aromatic rings. The normalized spacial score (nSPS) is 10.4. The molecule has 0 saturated heterocycles. The van der Waals surface area contributed by atoms with Gasteiger partial charge in [0.05, 0.1) is 22.1 Å². The minimum absolute atomic E-state index is 0.115. The number of nitrogens with zero attached hydrogens (tertiary/aromatic N) is 2. The van der Waals surface area contributed by atoms with E-state index in [-0.39, 0.29) is 28.1 Å². The van der Waals surface area contributed by atoms with Crippen molar-refractivity contribution >= 4 is 21.6 Å². The highest BCUT2D eigenvalue weighted by Gasteiger charge is 2.12. The summed E-state index contributed by atoms with van der Waals surface area (Å²) in [5.74, 6) is -0.378. The molecule has 1 heterocycles. The molecular formula is C12H8BrFN2O3. The van der Waals surface area contributed by atoms with E-state index in [1.54, 1.807) is 0 Å². The second-order valence-electron chi connectivity index (χ2n) is 3.86. The summed E-state index contributed by atoms with van der Waals surface area (Å²) in [5.41, 5.74) is 0.111. The van der Waals surface area contributed by atoms with Crippen molar-refractivity contribution in [2.75, 3.05) is 0 Å². The third-order valence-corrected chi connectivity index (χ3v) is 3.07. The van der Waals surface area contributed by atoms with Gasteiger partial charge in [0.15, 0.2) is 0 Å². The predicted molar refractivity (Wildman–Crippen MR) is 70.6 cm³/mol. The first-order valence-electron chi connectivity index (χ1n) is 5.26. The molecule has 0 amide bonds. The highest BCUT2D eigenvalue weighted by Crippen LogP contribution is 2.15. The van der Waals surface area contributed by atoms with Crippen molar-refractivity contribution in [3.63, 3.8) is 0 Å². The van der Waals surface area contributed by atoms with Gasteiger partial charge in [0.1, 0.15) is 5.82 Å². The zero-order valence-corrected chi connectivity index (χ0v) is 11.1. The Morgan fingerprint density at radius 3 is 2.53 bits per heavy atom. The summed E-state index contributed by atoms with van der Waals surface area (Å²) < 4.78 is 14.1. The highest BCUT2D eigenvalue weighted by molar-refractivity contribution is 9.10. The van der Waals surface area contributed by atoms with Gasteiger partial charge in [-0.2, -0.15) is 0 Å². The number of pyridine rings is 1. The molecule has 1 aromatic heterocycles. The van der Waals surface area contributed by atoms with Crippen molar-refractivity contribution in [1.82, 2.24) is 4.57 Å². The first kappa shape index (κ1) is 13.4. The zero-order valence-electron chi connectivity index (χ0n) is 9.55. The molecule has 7 heteroatoms. The molecule has 0 aliphatic carbocycles. The molecule has 0 bridgehead atoms. The molecule has 5 nitrogen and oxygen atoms in total. The van der Waals surface area contributed by atoms with Crippen molar-refractivity contribution in [1.29, 1.82) is 0 Å². The Balaban J connectivity index is 2.41. The molecule has 0 unspecified atom stereocenters. The summed E-state index contributed by atoms with van der Waals surface area (Å²) in [4.78, 5) is 22.0. The second-order valence-corrected chi connectivity index (χ2v) is 4.72. The van der Waals surface area contributed by atoms with Gasteiger partial charge in [0.2, 0.25) is 0 Å². The fourth-order valence-electron chi connectivity index (χ4n) is 1.59. The highest BCUT2D eigenvalue weighted by atomic mass is 79.9. The van der Waals surface area contributed by atoms with Crippen LogP contribution < -0.4 is 5.56 Å². The van der Waals surface area contributed by atoms with E-state index in [1.807, 2.05) is 0 Å². The maximum Gasteiger partial charge on any atom is 0.286 e. The van der Waals surface area contributed by atoms with Crippen LogP contribution in [-0.2, 0) is 6.54 Å². The summed E-state index contributed by atoms with van der Waals surface area (Å²) in [6, 6.07) is 6.74. The lowest BCUT2D eigenvalue weighted by atomic mass is 10.2. The van der Waals surface area contributed by atoms with Gasteiger partial charge >= 0.3 is 0 Å². The molecule has 0 aliphatic heterocycles. The van der Waals surface area contributed by atoms with Crippen molar-refractivity contribution in [2.24, 2.45) is 0 Å². The Morgan fingerprint density at radius 1 is 1.32 bits per heavy atom. The summed E-state index contributed by atoms with van der Waals surface area (Å²) in [6.07, 6.45) is 1.16. The number of rotatable bonds is 3. The van der Waals surface area contributed by atoms with E-state index in [2.05, 4.69) is 15.9 Å². The van der Waals surface area contributed by atoms with Gasteiger partial charge in [0.25, 0.3) is 11.2 Å². The molecule has 0 spiro atoms. The van der Waals surface area contributed by atoms with Crippen LogP contribution in [0.1, 0.15) is 5.56 Å². The Morgan fingerprint density at radius 2 is 1.95 bits per heavy atom. The lowest BCUT2D eigenvalue weighted by Gasteiger charge is -2.06. The third kappa shape index (κ3) is 3.05. The minimum Gasteiger partial charge on any atom is -0.303 e. The number of halogens is 2. The molecule has 0 aliphatic rings. The topological polar surface area (TPSA) is 65.1 Å². The Kier molecular flexibility index (Phi) is 3.75. The summed E-state index contributed by atoms with van der Waals surface area (Å²) in [7, 11) is 0. The average Bonchev–Trinajstić information content (AvgIpc) is 2.37. The Hall–Kier alpha value is -2.02. The molecule has 0 N–H and O–H groups in total. The van der Waals surface area contributed by atoms with Crippen LogP contribution in [0.3, 0.4) is 0 Å². The maximum absolute atomic E-state index is 12.8. The van der Waals surface area contributed by atoms with Gasteiger partial charge in [-0.1, -0.05) is 12.1 Å². The third-order valence-electron chi connectivity index (χ3n) is 2.50. The molecule has 2 rings (SSSR count). The quantitative estimate of drug-likeness (QED) is 0.643. The molecule has 0 atom stereocenters. The fraction of sp³-hybridized carbons (Fsp3) is 0.0833. The van der Waals surface area contributed by atoms with E-state index < -0.39 is 4.92 Å². The van der Waals surface area contributed by atoms with E-state index in [9.17, 15) is 19.3 Å². The molecule has 1 aromatic carbocycles. The van der Waals surface area contributed by atoms with E-state index in [0.717, 1.165) is 12.3 Å². The van der Waals surface area contributed by atoms with Crippen LogP contribution in [0, 0.1) is 15.9 Å². The standard InChI is InChI=1S/C12H8BrFN2O3/c13-11-5-10(16(18)19)7-15(12(11)17)6-8-1-3-9(14)4-2-8/h1-5,7H,6H2. The SMILES string of the molecule is O=c1c(Br)cc([N+](=O)[O-])cn1Cc1ccc(F)cc1. The van der Waals surface area contributed by atoms with Crippen molar-refractivity contribution in [3.8, 4) is 0 Å². The van der Waals surface area contributed by atoms with Crippen molar-refractivity contribution in [3.05, 3.63) is 72.9 Å². The van der Waals surface area contributed by atoms with Crippen LogP contribution in [0.5, 0.6) is 0 Å². The number of hydrogen-bond acceptors (Lipinski definition) is 3. The molecular weight excluding hydrogens is 319 g/mol. The number of aromatic nitrogens is 1. The Bertz CT molecular complexity index is 682. The van der Waals surface area contributed by atoms with Crippen LogP contribution in [0.25, 0.3) is 0 Å². The zero-order chi connectivity index (χ0) is 14.0. The number of nitro groups is 1. The van der Waals surface area contributed by atoms with Crippen molar-refractivity contribution < 1.29 is 9.31 Å². The van der Waals surface area contributed by atoms with E-state index >= 15 is 0 Å². The van der Waals surface area contributed by atoms with E-state index in [0.29, 0.717) is 5.56 Å². The monoisotopic (exact) mass is 326 g/mol. The minimum atomic E-state index is -0.578. The van der Waals surface area contributed by atoms with Gasteiger partial charge < -0.3 is 4.57 Å². The lowest BCUT2D eigenvalue weighted by Crippen LogP contribution is -2.21. The fourth-order valence-corrected chi connectivity index (χ4v) is 2.05. The Labute approximate surface area is 115 Å². The molecule has 98 valence electrons. The van der Waals surface area contributed by atoms with Crippen LogP contribution in [0.4, 0.5) is 10.1 Å². The van der Waals surface area contributed by atoms with Crippen LogP contribution in [-0.4, -0.2) is 9.49 Å². The van der Waals surface area contributed by atoms with Crippen LogP contribution in [0.15, 0.2) is 45.8 Å². The van der Waals surface area contributed by atoms with Crippen molar-refractivity contribution in [2.45, 2.75) is 6.54 Å². The summed E-state index contributed by atoms with van der Waals surface area (Å²) in [5, 5.41) is 10.7. The molecule has 0 fully saturated rings. The second kappa shape index (κ2) is 5.31. The van der Waals surface area contributed by atoms with Crippen LogP contribution in [0.2, 0.25) is 0 Å². The molecule has 0 radical (unpaired) electrons. The molecule has 19 heavy (non-hydrogen) atoms. The smallest absolute Gasteiger partial charge is 0.286 e. The van der Waals surface area contributed by atoms with Gasteiger partial charge in [0, 0.05) is 6.07 Å². The maximum atomic E-state index is 12.8. The lowest BCUT2D eigenvalue weighted by molar-refractivity contribution is -0.385. The largest absolute Gasteiger partial charge is 0.303 e. The predicted octanol–water partition coefficient (Wildman–Crippen LogP) is 2.71. The molecule has 0 saturated carbocycles.